The molecule has 0 atom stereocenters. The largest absolute Gasteiger partial charge is 0.381 e. The van der Waals surface area contributed by atoms with Crippen molar-refractivity contribution >= 4 is 5.82 Å². The highest BCUT2D eigenvalue weighted by Crippen LogP contribution is 2.18. The minimum atomic E-state index is 0.590. The molecule has 1 aromatic heterocycles. The van der Waals surface area contributed by atoms with Crippen LogP contribution in [0.1, 0.15) is 18.7 Å². The topological polar surface area (TPSA) is 64.3 Å². The molecular weight excluding hydrogens is 228 g/mol. The van der Waals surface area contributed by atoms with Gasteiger partial charge >= 0.3 is 0 Å². The van der Waals surface area contributed by atoms with Gasteiger partial charge in [0.2, 0.25) is 0 Å². The molecule has 5 heteroatoms. The average Bonchev–Trinajstić information content (AvgIpc) is 2.40. The summed E-state index contributed by atoms with van der Waals surface area (Å²) < 4.78 is 5.38. The first kappa shape index (κ1) is 13.2. The third-order valence-corrected chi connectivity index (χ3v) is 3.32. The van der Waals surface area contributed by atoms with E-state index in [4.69, 9.17) is 10.5 Å². The van der Waals surface area contributed by atoms with Gasteiger partial charge in [-0.3, -0.25) is 0 Å². The lowest BCUT2D eigenvalue weighted by molar-refractivity contribution is 0.0685. The maximum Gasteiger partial charge on any atom is 0.131 e. The van der Waals surface area contributed by atoms with E-state index in [1.165, 1.54) is 0 Å². The molecule has 1 aliphatic rings. The molecule has 0 bridgehead atoms. The van der Waals surface area contributed by atoms with E-state index in [0.29, 0.717) is 12.5 Å². The van der Waals surface area contributed by atoms with Crippen LogP contribution in [0, 0.1) is 5.92 Å². The molecule has 1 fully saturated rings. The number of aromatic nitrogens is 2. The summed E-state index contributed by atoms with van der Waals surface area (Å²) in [6.45, 7) is 3.40. The van der Waals surface area contributed by atoms with Crippen LogP contribution in [-0.4, -0.2) is 43.3 Å². The van der Waals surface area contributed by atoms with Gasteiger partial charge in [0.1, 0.15) is 11.6 Å². The normalized spacial score (nSPS) is 16.8. The Bertz CT molecular complexity index is 366. The Kier molecular flexibility index (Phi) is 4.90. The van der Waals surface area contributed by atoms with E-state index >= 15 is 0 Å². The van der Waals surface area contributed by atoms with Gasteiger partial charge < -0.3 is 15.4 Å². The number of ether oxygens (including phenoxy) is 1. The summed E-state index contributed by atoms with van der Waals surface area (Å²) in [7, 11) is 2.09. The van der Waals surface area contributed by atoms with Crippen molar-refractivity contribution in [2.24, 2.45) is 11.7 Å². The predicted molar refractivity (Wildman–Crippen MR) is 71.6 cm³/mol. The lowest BCUT2D eigenvalue weighted by Gasteiger charge is -2.27. The van der Waals surface area contributed by atoms with Crippen molar-refractivity contribution in [3.8, 4) is 0 Å². The van der Waals surface area contributed by atoms with Gasteiger partial charge in [0.25, 0.3) is 0 Å². The van der Waals surface area contributed by atoms with E-state index in [1.54, 1.807) is 0 Å². The van der Waals surface area contributed by atoms with Crippen molar-refractivity contribution < 1.29 is 4.74 Å². The van der Waals surface area contributed by atoms with Gasteiger partial charge in [-0.05, 0) is 31.4 Å². The first-order chi connectivity index (χ1) is 8.79. The van der Waals surface area contributed by atoms with Crippen LogP contribution >= 0.6 is 0 Å². The van der Waals surface area contributed by atoms with Crippen molar-refractivity contribution in [1.82, 2.24) is 9.97 Å². The fraction of sp³-hybridized carbons (Fsp3) is 0.692. The SMILES string of the molecule is CN(CC1CCOCC1)c1ccnc(CCN)n1. The van der Waals surface area contributed by atoms with Crippen LogP contribution in [0.4, 0.5) is 5.82 Å². The standard InChI is InChI=1S/C13H22N4O/c1-17(10-11-4-8-18-9-5-11)13-3-7-15-12(16-13)2-6-14/h3,7,11H,2,4-6,8-10,14H2,1H3. The molecule has 0 aliphatic carbocycles. The molecule has 18 heavy (non-hydrogen) atoms. The highest BCUT2D eigenvalue weighted by Gasteiger charge is 2.16. The summed E-state index contributed by atoms with van der Waals surface area (Å²) in [4.78, 5) is 11.0. The van der Waals surface area contributed by atoms with Gasteiger partial charge in [-0.15, -0.1) is 0 Å². The highest BCUT2D eigenvalue weighted by atomic mass is 16.5. The molecule has 5 nitrogen and oxygen atoms in total. The number of rotatable bonds is 5. The van der Waals surface area contributed by atoms with E-state index in [0.717, 1.165) is 50.7 Å². The molecule has 2 heterocycles. The Balaban J connectivity index is 1.94. The van der Waals surface area contributed by atoms with Crippen LogP contribution in [-0.2, 0) is 11.2 Å². The second-order valence-corrected chi connectivity index (χ2v) is 4.81. The summed E-state index contributed by atoms with van der Waals surface area (Å²) in [5, 5.41) is 0. The van der Waals surface area contributed by atoms with Gasteiger partial charge in [0.05, 0.1) is 0 Å². The van der Waals surface area contributed by atoms with Crippen molar-refractivity contribution in [2.75, 3.05) is 38.3 Å². The van der Waals surface area contributed by atoms with Crippen molar-refractivity contribution in [3.05, 3.63) is 18.1 Å². The van der Waals surface area contributed by atoms with E-state index in [2.05, 4.69) is 21.9 Å². The van der Waals surface area contributed by atoms with Crippen molar-refractivity contribution in [2.45, 2.75) is 19.3 Å². The fourth-order valence-electron chi connectivity index (χ4n) is 2.26. The van der Waals surface area contributed by atoms with Gasteiger partial charge in [0, 0.05) is 39.4 Å². The Morgan fingerprint density at radius 3 is 2.94 bits per heavy atom. The van der Waals surface area contributed by atoms with Gasteiger partial charge in [0.15, 0.2) is 0 Å². The molecule has 0 saturated carbocycles. The quantitative estimate of drug-likeness (QED) is 0.839. The van der Waals surface area contributed by atoms with E-state index < -0.39 is 0 Å². The summed E-state index contributed by atoms with van der Waals surface area (Å²) in [5.74, 6) is 2.52. The molecule has 100 valence electrons. The second-order valence-electron chi connectivity index (χ2n) is 4.81. The van der Waals surface area contributed by atoms with E-state index in [9.17, 15) is 0 Å². The molecule has 1 aliphatic heterocycles. The van der Waals surface area contributed by atoms with E-state index in [1.807, 2.05) is 12.3 Å². The average molecular weight is 250 g/mol. The highest BCUT2D eigenvalue weighted by molar-refractivity contribution is 5.36. The molecule has 2 rings (SSSR count). The van der Waals surface area contributed by atoms with E-state index in [-0.39, 0.29) is 0 Å². The zero-order chi connectivity index (χ0) is 12.8. The van der Waals surface area contributed by atoms with Crippen LogP contribution in [0.5, 0.6) is 0 Å². The maximum atomic E-state index is 5.53. The lowest BCUT2D eigenvalue weighted by Crippen LogP contribution is -2.30. The Morgan fingerprint density at radius 1 is 1.44 bits per heavy atom. The first-order valence-corrected chi connectivity index (χ1v) is 6.60. The summed E-state index contributed by atoms with van der Waals surface area (Å²) in [6.07, 6.45) is 4.84. The molecule has 0 radical (unpaired) electrons. The number of nitrogens with two attached hydrogens (primary N) is 1. The second kappa shape index (κ2) is 6.66. The number of anilines is 1. The minimum absolute atomic E-state index is 0.590. The third-order valence-electron chi connectivity index (χ3n) is 3.32. The third kappa shape index (κ3) is 3.65. The maximum absolute atomic E-state index is 5.53. The van der Waals surface area contributed by atoms with Gasteiger partial charge in [-0.1, -0.05) is 0 Å². The summed E-state index contributed by atoms with van der Waals surface area (Å²) in [5.41, 5.74) is 5.53. The fourth-order valence-corrected chi connectivity index (χ4v) is 2.26. The number of nitrogens with zero attached hydrogens (tertiary/aromatic N) is 3. The molecule has 1 saturated heterocycles. The molecule has 0 unspecified atom stereocenters. The van der Waals surface area contributed by atoms with Crippen LogP contribution in [0.25, 0.3) is 0 Å². The smallest absolute Gasteiger partial charge is 0.131 e. The molecule has 0 amide bonds. The van der Waals surface area contributed by atoms with Gasteiger partial charge in [-0.25, -0.2) is 9.97 Å². The predicted octanol–water partition coefficient (Wildman–Crippen LogP) is 0.841. The Hall–Kier alpha value is -1.20. The van der Waals surface area contributed by atoms with Crippen LogP contribution in [0.2, 0.25) is 0 Å². The van der Waals surface area contributed by atoms with Crippen molar-refractivity contribution in [1.29, 1.82) is 0 Å². The Morgan fingerprint density at radius 2 is 2.22 bits per heavy atom. The van der Waals surface area contributed by atoms with Crippen LogP contribution in [0.3, 0.4) is 0 Å². The molecule has 0 spiro atoms. The summed E-state index contributed by atoms with van der Waals surface area (Å²) >= 11 is 0. The minimum Gasteiger partial charge on any atom is -0.381 e. The molecule has 1 aromatic rings. The van der Waals surface area contributed by atoms with Gasteiger partial charge in [-0.2, -0.15) is 0 Å². The molecule has 0 aromatic carbocycles. The molecular formula is C13H22N4O. The number of hydrogen-bond donors (Lipinski definition) is 1. The lowest BCUT2D eigenvalue weighted by atomic mass is 10.00. The van der Waals surface area contributed by atoms with Crippen LogP contribution in [0.15, 0.2) is 12.3 Å². The molecule has 2 N–H and O–H groups in total. The Labute approximate surface area is 108 Å². The zero-order valence-corrected chi connectivity index (χ0v) is 11.0. The first-order valence-electron chi connectivity index (χ1n) is 6.60. The monoisotopic (exact) mass is 250 g/mol. The summed E-state index contributed by atoms with van der Waals surface area (Å²) in [6, 6.07) is 1.96. The van der Waals surface area contributed by atoms with Crippen molar-refractivity contribution in [3.63, 3.8) is 0 Å². The van der Waals surface area contributed by atoms with Crippen LogP contribution < -0.4 is 10.6 Å². The number of hydrogen-bond acceptors (Lipinski definition) is 5. The zero-order valence-electron chi connectivity index (χ0n) is 11.0.